The van der Waals surface area contributed by atoms with Crippen LogP contribution in [0.25, 0.3) is 0 Å². The number of nitrogens with one attached hydrogen (secondary N) is 2. The van der Waals surface area contributed by atoms with Gasteiger partial charge in [0.15, 0.2) is 0 Å². The zero-order chi connectivity index (χ0) is 16.2. The number of hydrogen-bond acceptors (Lipinski definition) is 4. The number of anilines is 1. The van der Waals surface area contributed by atoms with Crippen molar-refractivity contribution in [2.24, 2.45) is 5.92 Å². The lowest BCUT2D eigenvalue weighted by atomic mass is 10.0. The highest BCUT2D eigenvalue weighted by Crippen LogP contribution is 2.38. The van der Waals surface area contributed by atoms with Gasteiger partial charge in [0.2, 0.25) is 5.91 Å². The Morgan fingerprint density at radius 1 is 1.48 bits per heavy atom. The molecule has 1 saturated heterocycles. The summed E-state index contributed by atoms with van der Waals surface area (Å²) in [5.74, 6) is 2.26. The van der Waals surface area contributed by atoms with Crippen LogP contribution in [0.4, 0.5) is 5.69 Å². The van der Waals surface area contributed by atoms with Crippen LogP contribution >= 0.6 is 0 Å². The lowest BCUT2D eigenvalue weighted by Gasteiger charge is -2.14. The lowest BCUT2D eigenvalue weighted by Crippen LogP contribution is -2.15. The van der Waals surface area contributed by atoms with Crippen LogP contribution in [0.2, 0.25) is 0 Å². The molecule has 0 saturated carbocycles. The normalized spacial score (nSPS) is 22.5. The van der Waals surface area contributed by atoms with Crippen LogP contribution in [0, 0.1) is 5.92 Å². The van der Waals surface area contributed by atoms with E-state index in [4.69, 9.17) is 9.47 Å². The van der Waals surface area contributed by atoms with Crippen molar-refractivity contribution in [3.63, 3.8) is 0 Å². The molecule has 1 amide bonds. The van der Waals surface area contributed by atoms with Crippen molar-refractivity contribution in [3.8, 4) is 11.5 Å². The zero-order valence-electron chi connectivity index (χ0n) is 14.0. The van der Waals surface area contributed by atoms with Crippen molar-refractivity contribution in [1.82, 2.24) is 5.32 Å². The third kappa shape index (κ3) is 3.96. The Morgan fingerprint density at radius 2 is 2.35 bits per heavy atom. The first kappa shape index (κ1) is 16.1. The van der Waals surface area contributed by atoms with E-state index in [1.807, 2.05) is 26.0 Å². The van der Waals surface area contributed by atoms with Gasteiger partial charge in [0.05, 0.1) is 12.3 Å². The van der Waals surface area contributed by atoms with E-state index < -0.39 is 0 Å². The first-order chi connectivity index (χ1) is 11.2. The largest absolute Gasteiger partial charge is 0.492 e. The maximum atomic E-state index is 12.3. The average Bonchev–Trinajstić information content (AvgIpc) is 3.14. The van der Waals surface area contributed by atoms with Crippen LogP contribution in [-0.4, -0.2) is 31.7 Å². The second-order valence-electron chi connectivity index (χ2n) is 6.47. The van der Waals surface area contributed by atoms with Gasteiger partial charge in [0.25, 0.3) is 0 Å². The summed E-state index contributed by atoms with van der Waals surface area (Å²) < 4.78 is 11.5. The van der Waals surface area contributed by atoms with Crippen LogP contribution in [-0.2, 0) is 11.2 Å². The van der Waals surface area contributed by atoms with Gasteiger partial charge in [-0.2, -0.15) is 0 Å². The van der Waals surface area contributed by atoms with Crippen molar-refractivity contribution in [1.29, 1.82) is 0 Å². The fraction of sp³-hybridized carbons (Fsp3) is 0.611. The molecule has 0 bridgehead atoms. The first-order valence-corrected chi connectivity index (χ1v) is 8.62. The number of amides is 1. The van der Waals surface area contributed by atoms with E-state index in [1.165, 1.54) is 6.42 Å². The summed E-state index contributed by atoms with van der Waals surface area (Å²) >= 11 is 0. The number of fused-ring (bicyclic) bond motifs is 1. The molecular formula is C18H26N2O3. The molecule has 3 rings (SSSR count). The molecule has 126 valence electrons. The predicted octanol–water partition coefficient (Wildman–Crippen LogP) is 2.74. The molecule has 1 aromatic rings. The molecule has 2 heterocycles. The summed E-state index contributed by atoms with van der Waals surface area (Å²) in [6, 6.07) is 3.90. The van der Waals surface area contributed by atoms with Gasteiger partial charge < -0.3 is 20.1 Å². The van der Waals surface area contributed by atoms with E-state index >= 15 is 0 Å². The van der Waals surface area contributed by atoms with Crippen LogP contribution in [0.3, 0.4) is 0 Å². The van der Waals surface area contributed by atoms with Crippen molar-refractivity contribution in [2.75, 3.05) is 25.0 Å². The second-order valence-corrected chi connectivity index (χ2v) is 6.47. The van der Waals surface area contributed by atoms with Gasteiger partial charge in [0, 0.05) is 24.5 Å². The van der Waals surface area contributed by atoms with Gasteiger partial charge >= 0.3 is 0 Å². The number of ether oxygens (including phenoxy) is 2. The Balaban J connectivity index is 1.65. The molecule has 5 heteroatoms. The molecule has 2 unspecified atom stereocenters. The van der Waals surface area contributed by atoms with Gasteiger partial charge in [-0.3, -0.25) is 4.79 Å². The quantitative estimate of drug-likeness (QED) is 0.847. The van der Waals surface area contributed by atoms with Crippen molar-refractivity contribution in [2.45, 2.75) is 45.6 Å². The van der Waals surface area contributed by atoms with Crippen LogP contribution < -0.4 is 20.1 Å². The minimum Gasteiger partial charge on any atom is -0.492 e. The van der Waals surface area contributed by atoms with Crippen molar-refractivity contribution in [3.05, 3.63) is 17.7 Å². The summed E-state index contributed by atoms with van der Waals surface area (Å²) in [6.07, 6.45) is 3.72. The van der Waals surface area contributed by atoms with Crippen LogP contribution in [0.15, 0.2) is 12.1 Å². The third-order valence-corrected chi connectivity index (χ3v) is 4.51. The predicted molar refractivity (Wildman–Crippen MR) is 90.2 cm³/mol. The maximum Gasteiger partial charge on any atom is 0.224 e. The summed E-state index contributed by atoms with van der Waals surface area (Å²) in [7, 11) is 0. The molecule has 0 spiro atoms. The number of carbonyl (C=O) groups is 1. The SMILES string of the molecule is CCOc1cc2c(cc1NC(=O)CCC1CCNC1)OC(C)C2. The smallest absolute Gasteiger partial charge is 0.224 e. The second kappa shape index (κ2) is 7.21. The first-order valence-electron chi connectivity index (χ1n) is 8.62. The van der Waals surface area contributed by atoms with E-state index in [2.05, 4.69) is 10.6 Å². The van der Waals surface area contributed by atoms with E-state index in [1.54, 1.807) is 0 Å². The molecule has 2 aliphatic rings. The Hall–Kier alpha value is -1.75. The van der Waals surface area contributed by atoms with E-state index in [0.29, 0.717) is 24.6 Å². The highest BCUT2D eigenvalue weighted by Gasteiger charge is 2.23. The summed E-state index contributed by atoms with van der Waals surface area (Å²) in [5, 5.41) is 6.34. The molecule has 0 radical (unpaired) electrons. The van der Waals surface area contributed by atoms with Gasteiger partial charge in [-0.25, -0.2) is 0 Å². The molecule has 0 aromatic heterocycles. The standard InChI is InChI=1S/C18H26N2O3/c1-3-22-17-9-14-8-12(2)23-16(14)10-15(17)20-18(21)5-4-13-6-7-19-11-13/h9-10,12-13,19H,3-8,11H2,1-2H3,(H,20,21). The minimum atomic E-state index is 0.0452. The Kier molecular flexibility index (Phi) is 5.06. The van der Waals surface area contributed by atoms with E-state index in [0.717, 1.165) is 43.0 Å². The molecule has 1 fully saturated rings. The lowest BCUT2D eigenvalue weighted by molar-refractivity contribution is -0.116. The van der Waals surface area contributed by atoms with Crippen LogP contribution in [0.1, 0.15) is 38.7 Å². The summed E-state index contributed by atoms with van der Waals surface area (Å²) in [6.45, 7) is 6.67. The number of hydrogen-bond donors (Lipinski definition) is 2. The van der Waals surface area contributed by atoms with Crippen LogP contribution in [0.5, 0.6) is 11.5 Å². The zero-order valence-corrected chi connectivity index (χ0v) is 14.0. The Morgan fingerprint density at radius 3 is 3.09 bits per heavy atom. The fourth-order valence-corrected chi connectivity index (χ4v) is 3.32. The minimum absolute atomic E-state index is 0.0452. The Bertz CT molecular complexity index is 568. The molecular weight excluding hydrogens is 292 g/mol. The van der Waals surface area contributed by atoms with E-state index in [-0.39, 0.29) is 12.0 Å². The number of carbonyl (C=O) groups excluding carboxylic acids is 1. The molecule has 0 aliphatic carbocycles. The van der Waals surface area contributed by atoms with Crippen molar-refractivity contribution >= 4 is 11.6 Å². The van der Waals surface area contributed by atoms with Gasteiger partial charge in [0.1, 0.15) is 17.6 Å². The van der Waals surface area contributed by atoms with Gasteiger partial charge in [-0.1, -0.05) is 0 Å². The Labute approximate surface area is 137 Å². The molecule has 1 aromatic carbocycles. The molecule has 2 atom stereocenters. The average molecular weight is 318 g/mol. The number of benzene rings is 1. The molecule has 2 aliphatic heterocycles. The third-order valence-electron chi connectivity index (χ3n) is 4.51. The summed E-state index contributed by atoms with van der Waals surface area (Å²) in [4.78, 5) is 12.3. The van der Waals surface area contributed by atoms with Gasteiger partial charge in [-0.05, 0) is 51.8 Å². The molecule has 2 N–H and O–H groups in total. The van der Waals surface area contributed by atoms with Crippen molar-refractivity contribution < 1.29 is 14.3 Å². The maximum absolute atomic E-state index is 12.3. The summed E-state index contributed by atoms with van der Waals surface area (Å²) in [5.41, 5.74) is 1.87. The topological polar surface area (TPSA) is 59.6 Å². The number of rotatable bonds is 6. The monoisotopic (exact) mass is 318 g/mol. The molecule has 23 heavy (non-hydrogen) atoms. The van der Waals surface area contributed by atoms with E-state index in [9.17, 15) is 4.79 Å². The van der Waals surface area contributed by atoms with Gasteiger partial charge in [-0.15, -0.1) is 0 Å². The molecule has 5 nitrogen and oxygen atoms in total. The fourth-order valence-electron chi connectivity index (χ4n) is 3.32. The highest BCUT2D eigenvalue weighted by atomic mass is 16.5. The highest BCUT2D eigenvalue weighted by molar-refractivity contribution is 5.92.